The first kappa shape index (κ1) is 14.1. The number of rotatable bonds is 4. The van der Waals surface area contributed by atoms with Crippen LogP contribution in [-0.2, 0) is 0 Å². The van der Waals surface area contributed by atoms with Crippen molar-refractivity contribution in [2.75, 3.05) is 12.9 Å². The molecular formula is C13H15N3OS. The second-order valence-corrected chi connectivity index (χ2v) is 4.37. The number of aliphatic imine (C=N–C) groups is 1. The van der Waals surface area contributed by atoms with E-state index in [0.717, 1.165) is 5.57 Å². The Kier molecular flexibility index (Phi) is 5.81. The van der Waals surface area contributed by atoms with Gasteiger partial charge in [0.05, 0.1) is 0 Å². The van der Waals surface area contributed by atoms with Crippen LogP contribution in [0.3, 0.4) is 0 Å². The molecule has 0 heterocycles. The molecule has 1 aromatic carbocycles. The molecular weight excluding hydrogens is 246 g/mol. The van der Waals surface area contributed by atoms with Crippen LogP contribution in [0.25, 0.3) is 0 Å². The van der Waals surface area contributed by atoms with Gasteiger partial charge in [0.25, 0.3) is 0 Å². The van der Waals surface area contributed by atoms with Gasteiger partial charge >= 0.3 is 0 Å². The number of nitrogens with zero attached hydrogens (tertiary/aromatic N) is 2. The first-order chi connectivity index (χ1) is 8.67. The Morgan fingerprint density at radius 3 is 2.89 bits per heavy atom. The number of amidine groups is 1. The van der Waals surface area contributed by atoms with Crippen molar-refractivity contribution >= 4 is 22.6 Å². The van der Waals surface area contributed by atoms with Crippen molar-refractivity contribution in [2.24, 2.45) is 4.99 Å². The highest BCUT2D eigenvalue weighted by atomic mass is 32.2. The molecule has 0 spiro atoms. The molecule has 0 amide bonds. The normalized spacial score (nSPS) is 10.6. The molecule has 0 aromatic heterocycles. The average Bonchev–Trinajstić information content (AvgIpc) is 2.37. The minimum atomic E-state index is 0.451. The van der Waals surface area contributed by atoms with Gasteiger partial charge in [-0.3, -0.25) is 5.32 Å². The van der Waals surface area contributed by atoms with Gasteiger partial charge in [-0.2, -0.15) is 5.26 Å². The molecule has 94 valence electrons. The molecule has 0 fully saturated rings. The Bertz CT molecular complexity index is 491. The summed E-state index contributed by atoms with van der Waals surface area (Å²) >= 11 is 1.37. The van der Waals surface area contributed by atoms with Crippen molar-refractivity contribution < 1.29 is 4.74 Å². The van der Waals surface area contributed by atoms with Crippen LogP contribution in [0.2, 0.25) is 0 Å². The first-order valence-electron chi connectivity index (χ1n) is 5.31. The van der Waals surface area contributed by atoms with Crippen LogP contribution in [0, 0.1) is 11.5 Å². The van der Waals surface area contributed by atoms with Crippen LogP contribution in [0.15, 0.2) is 41.4 Å². The number of ether oxygens (including phenoxy) is 1. The topological polar surface area (TPSA) is 57.4 Å². The van der Waals surface area contributed by atoms with Gasteiger partial charge in [0.1, 0.15) is 18.0 Å². The lowest BCUT2D eigenvalue weighted by atomic mass is 10.3. The number of hydrogen-bond donors (Lipinski definition) is 1. The second-order valence-electron chi connectivity index (χ2n) is 3.57. The number of benzene rings is 1. The Labute approximate surface area is 111 Å². The van der Waals surface area contributed by atoms with E-state index in [0.29, 0.717) is 23.2 Å². The molecule has 0 bridgehead atoms. The fourth-order valence-electron chi connectivity index (χ4n) is 1.15. The van der Waals surface area contributed by atoms with Gasteiger partial charge in [0, 0.05) is 0 Å². The number of hydrogen-bond acceptors (Lipinski definition) is 4. The van der Waals surface area contributed by atoms with Crippen molar-refractivity contribution in [3.05, 3.63) is 36.4 Å². The van der Waals surface area contributed by atoms with Crippen molar-refractivity contribution in [1.82, 2.24) is 5.32 Å². The Hall–Kier alpha value is -1.93. The Balaban J connectivity index is 2.94. The fraction of sp³-hybridized carbons (Fsp3) is 0.231. The van der Waals surface area contributed by atoms with Crippen molar-refractivity contribution in [3.63, 3.8) is 0 Å². The van der Waals surface area contributed by atoms with E-state index < -0.39 is 0 Å². The lowest BCUT2D eigenvalue weighted by molar-refractivity contribution is 0.354. The predicted octanol–water partition coefficient (Wildman–Crippen LogP) is 3.06. The summed E-state index contributed by atoms with van der Waals surface area (Å²) in [5.41, 5.74) is 1.62. The number of para-hydroxylation sites is 2. The number of thioether (sulfide) groups is 1. The summed E-state index contributed by atoms with van der Waals surface area (Å²) in [7, 11) is 0. The molecule has 1 rings (SSSR count). The third-order valence-corrected chi connectivity index (χ3v) is 2.50. The highest BCUT2D eigenvalue weighted by molar-refractivity contribution is 8.13. The highest BCUT2D eigenvalue weighted by Crippen LogP contribution is 2.27. The third-order valence-electron chi connectivity index (χ3n) is 1.92. The van der Waals surface area contributed by atoms with E-state index in [1.165, 1.54) is 11.8 Å². The van der Waals surface area contributed by atoms with Crippen LogP contribution >= 0.6 is 11.8 Å². The van der Waals surface area contributed by atoms with E-state index >= 15 is 0 Å². The summed E-state index contributed by atoms with van der Waals surface area (Å²) in [6.07, 6.45) is 3.70. The number of nitrogens with one attached hydrogen (secondary N) is 1. The lowest BCUT2D eigenvalue weighted by Gasteiger charge is -2.09. The molecule has 0 radical (unpaired) electrons. The zero-order valence-electron chi connectivity index (χ0n) is 10.4. The van der Waals surface area contributed by atoms with Gasteiger partial charge in [-0.25, -0.2) is 4.99 Å². The Morgan fingerprint density at radius 2 is 2.28 bits per heavy atom. The van der Waals surface area contributed by atoms with Crippen LogP contribution < -0.4 is 10.1 Å². The maximum Gasteiger partial charge on any atom is 0.183 e. The zero-order chi connectivity index (χ0) is 13.4. The maximum absolute atomic E-state index is 8.59. The minimum absolute atomic E-state index is 0.451. The molecule has 0 saturated carbocycles. The SMILES string of the molecule is C=C(C)COc1ccccc1N=C(NC#N)SC. The maximum atomic E-state index is 8.59. The van der Waals surface area contributed by atoms with E-state index in [9.17, 15) is 0 Å². The molecule has 18 heavy (non-hydrogen) atoms. The van der Waals surface area contributed by atoms with Crippen molar-refractivity contribution in [1.29, 1.82) is 5.26 Å². The van der Waals surface area contributed by atoms with Crippen LogP contribution in [-0.4, -0.2) is 18.0 Å². The molecule has 0 atom stereocenters. The highest BCUT2D eigenvalue weighted by Gasteiger charge is 2.03. The molecule has 4 nitrogen and oxygen atoms in total. The van der Waals surface area contributed by atoms with Crippen LogP contribution in [0.1, 0.15) is 6.92 Å². The van der Waals surface area contributed by atoms with Gasteiger partial charge in [0.2, 0.25) is 0 Å². The van der Waals surface area contributed by atoms with E-state index in [4.69, 9.17) is 10.00 Å². The average molecular weight is 261 g/mol. The van der Waals surface area contributed by atoms with Gasteiger partial charge in [-0.1, -0.05) is 30.5 Å². The monoisotopic (exact) mass is 261 g/mol. The largest absolute Gasteiger partial charge is 0.487 e. The quantitative estimate of drug-likeness (QED) is 0.297. The molecule has 5 heteroatoms. The fourth-order valence-corrected chi connectivity index (χ4v) is 1.49. The lowest BCUT2D eigenvalue weighted by Crippen LogP contribution is -2.12. The van der Waals surface area contributed by atoms with Crippen molar-refractivity contribution in [3.8, 4) is 11.9 Å². The van der Waals surface area contributed by atoms with E-state index in [-0.39, 0.29) is 0 Å². The molecule has 0 aliphatic carbocycles. The number of nitriles is 1. The van der Waals surface area contributed by atoms with Crippen LogP contribution in [0.4, 0.5) is 5.69 Å². The summed E-state index contributed by atoms with van der Waals surface area (Å²) < 4.78 is 5.60. The van der Waals surface area contributed by atoms with E-state index in [2.05, 4.69) is 16.9 Å². The molecule has 0 saturated heterocycles. The van der Waals surface area contributed by atoms with E-state index in [1.807, 2.05) is 43.6 Å². The minimum Gasteiger partial charge on any atom is -0.487 e. The summed E-state index contributed by atoms with van der Waals surface area (Å²) in [5.74, 6) is 0.673. The third kappa shape index (κ3) is 4.52. The first-order valence-corrected chi connectivity index (χ1v) is 6.54. The van der Waals surface area contributed by atoms with Gasteiger partial charge in [-0.05, 0) is 30.9 Å². The van der Waals surface area contributed by atoms with Gasteiger partial charge in [-0.15, -0.1) is 0 Å². The van der Waals surface area contributed by atoms with Gasteiger partial charge in [0.15, 0.2) is 11.4 Å². The molecule has 0 unspecified atom stereocenters. The van der Waals surface area contributed by atoms with Gasteiger partial charge < -0.3 is 4.74 Å². The predicted molar refractivity (Wildman–Crippen MR) is 76.1 cm³/mol. The molecule has 0 aliphatic rings. The molecule has 1 N–H and O–H groups in total. The molecule has 0 aliphatic heterocycles. The summed E-state index contributed by atoms with van der Waals surface area (Å²) in [6, 6.07) is 7.43. The molecule has 1 aromatic rings. The summed E-state index contributed by atoms with van der Waals surface area (Å²) in [6.45, 7) is 6.14. The van der Waals surface area contributed by atoms with Crippen molar-refractivity contribution in [2.45, 2.75) is 6.92 Å². The smallest absolute Gasteiger partial charge is 0.183 e. The second kappa shape index (κ2) is 7.41. The summed E-state index contributed by atoms with van der Waals surface area (Å²) in [4.78, 5) is 4.34. The Morgan fingerprint density at radius 1 is 1.56 bits per heavy atom. The zero-order valence-corrected chi connectivity index (χ0v) is 11.3. The van der Waals surface area contributed by atoms with Crippen LogP contribution in [0.5, 0.6) is 5.75 Å². The summed E-state index contributed by atoms with van der Waals surface area (Å²) in [5, 5.41) is 11.6. The van der Waals surface area contributed by atoms with E-state index in [1.54, 1.807) is 0 Å². The standard InChI is InChI=1S/C13H15N3OS/c1-10(2)8-17-12-7-5-4-6-11(12)16-13(18-3)15-9-14/h4-7H,1,8H2,2-3H3,(H,15,16).